The van der Waals surface area contributed by atoms with Crippen LogP contribution in [0.5, 0.6) is 0 Å². The van der Waals surface area contributed by atoms with Crippen LogP contribution < -0.4 is 5.32 Å². The van der Waals surface area contributed by atoms with Gasteiger partial charge in [-0.2, -0.15) is 0 Å². The molecule has 0 bridgehead atoms. The molecule has 0 saturated carbocycles. The quantitative estimate of drug-likeness (QED) is 0.669. The molecule has 0 fully saturated rings. The van der Waals surface area contributed by atoms with Gasteiger partial charge in [-0.05, 0) is 13.8 Å². The van der Waals surface area contributed by atoms with Gasteiger partial charge in [0.2, 0.25) is 0 Å². The highest BCUT2D eigenvalue weighted by Gasteiger charge is 2.22. The van der Waals surface area contributed by atoms with Crippen LogP contribution >= 0.6 is 0 Å². The van der Waals surface area contributed by atoms with E-state index < -0.39 is 35.4 Å². The largest absolute Gasteiger partial charge is 0.469 e. The summed E-state index contributed by atoms with van der Waals surface area (Å²) in [6, 6.07) is 0.751. The van der Waals surface area contributed by atoms with Gasteiger partial charge in [-0.1, -0.05) is 0 Å². The highest BCUT2D eigenvalue weighted by Crippen LogP contribution is 2.21. The molecule has 2 unspecified atom stereocenters. The average molecular weight is 261 g/mol. The number of ether oxygens (including phenoxy) is 1. The van der Waals surface area contributed by atoms with E-state index in [1.165, 1.54) is 7.11 Å². The Bertz CT molecular complexity index is 451. The third kappa shape index (κ3) is 3.15. The summed E-state index contributed by atoms with van der Waals surface area (Å²) in [7, 11) is 1.23. The highest BCUT2D eigenvalue weighted by atomic mass is 19.2. The van der Waals surface area contributed by atoms with E-state index >= 15 is 0 Å². The van der Waals surface area contributed by atoms with Gasteiger partial charge in [-0.25, -0.2) is 13.2 Å². The number of nitrogens with one attached hydrogen (secondary N) is 1. The molecular weight excluding hydrogens is 247 g/mol. The highest BCUT2D eigenvalue weighted by molar-refractivity contribution is 5.73. The molecule has 100 valence electrons. The zero-order valence-electron chi connectivity index (χ0n) is 10.3. The van der Waals surface area contributed by atoms with Crippen molar-refractivity contribution >= 4 is 11.7 Å². The Labute approximate surface area is 103 Å². The van der Waals surface area contributed by atoms with E-state index in [9.17, 15) is 18.0 Å². The van der Waals surface area contributed by atoms with E-state index in [0.29, 0.717) is 6.07 Å². The summed E-state index contributed by atoms with van der Waals surface area (Å²) in [6.07, 6.45) is 0. The summed E-state index contributed by atoms with van der Waals surface area (Å²) in [5.74, 6) is -4.43. The molecule has 0 aliphatic carbocycles. The number of carbonyl (C=O) groups excluding carboxylic acids is 1. The van der Waals surface area contributed by atoms with Crippen LogP contribution in [0.25, 0.3) is 0 Å². The Morgan fingerprint density at radius 2 is 1.89 bits per heavy atom. The van der Waals surface area contributed by atoms with Gasteiger partial charge >= 0.3 is 5.97 Å². The fraction of sp³-hybridized carbons (Fsp3) is 0.417. The minimum atomic E-state index is -1.28. The number of hydrogen-bond acceptors (Lipinski definition) is 3. The number of halogens is 3. The van der Waals surface area contributed by atoms with Gasteiger partial charge in [-0.15, -0.1) is 0 Å². The number of methoxy groups -OCH3 is 1. The lowest BCUT2D eigenvalue weighted by Crippen LogP contribution is -2.31. The van der Waals surface area contributed by atoms with Gasteiger partial charge in [0.15, 0.2) is 11.6 Å². The number of rotatable bonds is 4. The molecule has 0 amide bonds. The smallest absolute Gasteiger partial charge is 0.310 e. The molecule has 0 radical (unpaired) electrons. The Balaban J connectivity index is 2.88. The van der Waals surface area contributed by atoms with Crippen molar-refractivity contribution in [1.82, 2.24) is 0 Å². The van der Waals surface area contributed by atoms with Gasteiger partial charge in [0.1, 0.15) is 5.82 Å². The van der Waals surface area contributed by atoms with Gasteiger partial charge in [0.05, 0.1) is 18.7 Å². The molecule has 6 heteroatoms. The van der Waals surface area contributed by atoms with Gasteiger partial charge in [0, 0.05) is 18.2 Å². The maximum atomic E-state index is 13.4. The van der Waals surface area contributed by atoms with Gasteiger partial charge in [-0.3, -0.25) is 4.79 Å². The second-order valence-electron chi connectivity index (χ2n) is 3.99. The van der Waals surface area contributed by atoms with Crippen LogP contribution in [0.3, 0.4) is 0 Å². The third-order valence-corrected chi connectivity index (χ3v) is 2.70. The Morgan fingerprint density at radius 1 is 1.28 bits per heavy atom. The fourth-order valence-electron chi connectivity index (χ4n) is 1.42. The zero-order valence-corrected chi connectivity index (χ0v) is 10.3. The Hall–Kier alpha value is -1.72. The lowest BCUT2D eigenvalue weighted by Gasteiger charge is -2.20. The van der Waals surface area contributed by atoms with E-state index in [4.69, 9.17) is 0 Å². The Kier molecular flexibility index (Phi) is 4.58. The molecule has 1 rings (SSSR count). The first kappa shape index (κ1) is 14.3. The van der Waals surface area contributed by atoms with Crippen molar-refractivity contribution in [1.29, 1.82) is 0 Å². The molecule has 18 heavy (non-hydrogen) atoms. The Morgan fingerprint density at radius 3 is 2.44 bits per heavy atom. The van der Waals surface area contributed by atoms with Gasteiger partial charge < -0.3 is 10.1 Å². The predicted molar refractivity (Wildman–Crippen MR) is 60.6 cm³/mol. The van der Waals surface area contributed by atoms with E-state index in [1.807, 2.05) is 0 Å². The average Bonchev–Trinajstić information content (AvgIpc) is 2.33. The maximum absolute atomic E-state index is 13.4. The molecule has 0 heterocycles. The summed E-state index contributed by atoms with van der Waals surface area (Å²) < 4.78 is 43.8. The summed E-state index contributed by atoms with van der Waals surface area (Å²) in [5, 5.41) is 2.55. The minimum Gasteiger partial charge on any atom is -0.469 e. The van der Waals surface area contributed by atoms with Crippen molar-refractivity contribution in [2.45, 2.75) is 19.9 Å². The molecule has 0 aromatic heterocycles. The zero-order chi connectivity index (χ0) is 13.9. The normalized spacial score (nSPS) is 13.9. The second kappa shape index (κ2) is 5.75. The number of hydrogen-bond donors (Lipinski definition) is 1. The number of benzene rings is 1. The van der Waals surface area contributed by atoms with Crippen molar-refractivity contribution in [3.8, 4) is 0 Å². The number of carbonyl (C=O) groups is 1. The summed E-state index contributed by atoms with van der Waals surface area (Å²) in [6.45, 7) is 3.15. The monoisotopic (exact) mass is 261 g/mol. The van der Waals surface area contributed by atoms with Crippen molar-refractivity contribution in [3.63, 3.8) is 0 Å². The summed E-state index contributed by atoms with van der Waals surface area (Å²) in [5.41, 5.74) is -0.323. The topological polar surface area (TPSA) is 38.3 Å². The molecule has 0 aliphatic rings. The number of esters is 1. The van der Waals surface area contributed by atoms with Crippen molar-refractivity contribution in [2.24, 2.45) is 5.92 Å². The number of anilines is 1. The summed E-state index contributed by atoms with van der Waals surface area (Å²) >= 11 is 0. The van der Waals surface area contributed by atoms with Crippen molar-refractivity contribution in [2.75, 3.05) is 12.4 Å². The van der Waals surface area contributed by atoms with Crippen molar-refractivity contribution in [3.05, 3.63) is 29.6 Å². The van der Waals surface area contributed by atoms with Crippen LogP contribution in [0.1, 0.15) is 13.8 Å². The lowest BCUT2D eigenvalue weighted by atomic mass is 10.0. The second-order valence-corrected chi connectivity index (χ2v) is 3.99. The SMILES string of the molecule is COC(=O)C(C)C(C)Nc1cc(F)cc(F)c1F. The first-order valence-electron chi connectivity index (χ1n) is 5.35. The first-order valence-corrected chi connectivity index (χ1v) is 5.35. The lowest BCUT2D eigenvalue weighted by molar-refractivity contribution is -0.145. The van der Waals surface area contributed by atoms with Crippen LogP contribution in [0.15, 0.2) is 12.1 Å². The minimum absolute atomic E-state index is 0.323. The maximum Gasteiger partial charge on any atom is 0.310 e. The van der Waals surface area contributed by atoms with Gasteiger partial charge in [0.25, 0.3) is 0 Å². The molecule has 0 aliphatic heterocycles. The molecule has 0 saturated heterocycles. The van der Waals surface area contributed by atoms with Crippen LogP contribution in [-0.2, 0) is 9.53 Å². The van der Waals surface area contributed by atoms with Crippen LogP contribution in [0, 0.1) is 23.4 Å². The molecule has 1 aromatic rings. The van der Waals surface area contributed by atoms with E-state index in [1.54, 1.807) is 13.8 Å². The molecule has 3 nitrogen and oxygen atoms in total. The van der Waals surface area contributed by atoms with Crippen molar-refractivity contribution < 1.29 is 22.7 Å². The van der Waals surface area contributed by atoms with E-state index in [0.717, 1.165) is 6.07 Å². The molecular formula is C12H14F3NO2. The van der Waals surface area contributed by atoms with E-state index in [-0.39, 0.29) is 5.69 Å². The third-order valence-electron chi connectivity index (χ3n) is 2.70. The standard InChI is InChI=1S/C12H14F3NO2/c1-6(12(17)18-3)7(2)16-10-5-8(13)4-9(14)11(10)15/h4-7,16H,1-3H3. The predicted octanol–water partition coefficient (Wildman–Crippen LogP) is 2.71. The molecule has 0 spiro atoms. The van der Waals surface area contributed by atoms with Crippen LogP contribution in [0.4, 0.5) is 18.9 Å². The van der Waals surface area contributed by atoms with Crippen LogP contribution in [-0.4, -0.2) is 19.1 Å². The molecule has 1 N–H and O–H groups in total. The summed E-state index contributed by atoms with van der Waals surface area (Å²) in [4.78, 5) is 11.3. The van der Waals surface area contributed by atoms with E-state index in [2.05, 4.69) is 10.1 Å². The fourth-order valence-corrected chi connectivity index (χ4v) is 1.42. The molecule has 2 atom stereocenters. The first-order chi connectivity index (χ1) is 8.36. The molecule has 1 aromatic carbocycles. The van der Waals surface area contributed by atoms with Crippen LogP contribution in [0.2, 0.25) is 0 Å².